The Hall–Kier alpha value is -0.763. The summed E-state index contributed by atoms with van der Waals surface area (Å²) in [4.78, 5) is 0. The number of benzene rings is 1. The lowest BCUT2D eigenvalue weighted by molar-refractivity contribution is 1.50. The number of para-hydroxylation sites is 1. The molecule has 0 spiro atoms. The summed E-state index contributed by atoms with van der Waals surface area (Å²) >= 11 is 0. The maximum Gasteiger partial charge on any atom is 0.108 e. The first kappa shape index (κ1) is 5.06. The van der Waals surface area contributed by atoms with Gasteiger partial charge in [0, 0.05) is 11.9 Å². The van der Waals surface area contributed by atoms with Crippen molar-refractivity contribution in [3.63, 3.8) is 0 Å². The minimum Gasteiger partial charge on any atom is -0.388 e. The number of anilines is 1. The zero-order valence-electron chi connectivity index (χ0n) is 5.02. The van der Waals surface area contributed by atoms with Gasteiger partial charge in [0.15, 0.2) is 0 Å². The third kappa shape index (κ3) is 0.753. The van der Waals surface area contributed by atoms with Crippen molar-refractivity contribution in [2.45, 2.75) is 0 Å². The molecular weight excluding hydrogens is 126 g/mol. The second kappa shape index (κ2) is 1.88. The van der Waals surface area contributed by atoms with Crippen molar-refractivity contribution in [1.82, 2.24) is 0 Å². The van der Waals surface area contributed by atoms with Crippen molar-refractivity contribution in [2.24, 2.45) is 0 Å². The van der Waals surface area contributed by atoms with Crippen molar-refractivity contribution in [3.05, 3.63) is 24.3 Å². The first-order chi connectivity index (χ1) is 4.47. The van der Waals surface area contributed by atoms with Crippen molar-refractivity contribution < 1.29 is 0 Å². The highest BCUT2D eigenvalue weighted by atomic mass is 28.2. The van der Waals surface area contributed by atoms with Crippen molar-refractivity contribution >= 4 is 20.4 Å². The largest absolute Gasteiger partial charge is 0.388 e. The number of rotatable bonds is 0. The first-order valence-corrected chi connectivity index (χ1v) is 4.24. The van der Waals surface area contributed by atoms with Gasteiger partial charge < -0.3 is 5.32 Å². The SMILES string of the molecule is c1ccc2c(c1)NC[Si]2. The molecule has 0 aromatic heterocycles. The lowest BCUT2D eigenvalue weighted by Gasteiger charge is -1.94. The lowest BCUT2D eigenvalue weighted by atomic mass is 10.3. The molecule has 1 nitrogen and oxygen atoms in total. The molecule has 2 rings (SSSR count). The van der Waals surface area contributed by atoms with E-state index < -0.39 is 0 Å². The molecule has 9 heavy (non-hydrogen) atoms. The lowest BCUT2D eigenvalue weighted by Crippen LogP contribution is -2.08. The second-order valence-electron chi connectivity index (χ2n) is 2.08. The molecular formula is C7H7NSi. The van der Waals surface area contributed by atoms with Gasteiger partial charge in [-0.1, -0.05) is 18.2 Å². The smallest absolute Gasteiger partial charge is 0.108 e. The fourth-order valence-electron chi connectivity index (χ4n) is 1.03. The van der Waals surface area contributed by atoms with E-state index in [4.69, 9.17) is 0 Å². The topological polar surface area (TPSA) is 12.0 Å². The molecule has 2 radical (unpaired) electrons. The van der Waals surface area contributed by atoms with E-state index in [-0.39, 0.29) is 0 Å². The first-order valence-electron chi connectivity index (χ1n) is 3.03. The summed E-state index contributed by atoms with van der Waals surface area (Å²) in [6.45, 7) is 0. The predicted molar refractivity (Wildman–Crippen MR) is 40.3 cm³/mol. The van der Waals surface area contributed by atoms with Crippen LogP contribution in [0.4, 0.5) is 5.69 Å². The molecule has 0 atom stereocenters. The fourth-order valence-corrected chi connectivity index (χ4v) is 2.07. The second-order valence-corrected chi connectivity index (χ2v) is 3.32. The number of fused-ring (bicyclic) bond motifs is 1. The van der Waals surface area contributed by atoms with Gasteiger partial charge in [0.25, 0.3) is 0 Å². The van der Waals surface area contributed by atoms with Gasteiger partial charge in [-0.2, -0.15) is 0 Å². The van der Waals surface area contributed by atoms with Gasteiger partial charge in [-0.15, -0.1) is 0 Å². The molecule has 1 aliphatic rings. The van der Waals surface area contributed by atoms with Gasteiger partial charge in [-0.25, -0.2) is 0 Å². The Morgan fingerprint density at radius 2 is 2.22 bits per heavy atom. The van der Waals surface area contributed by atoms with Gasteiger partial charge in [-0.3, -0.25) is 0 Å². The van der Waals surface area contributed by atoms with E-state index in [9.17, 15) is 0 Å². The van der Waals surface area contributed by atoms with Gasteiger partial charge >= 0.3 is 0 Å². The van der Waals surface area contributed by atoms with E-state index >= 15 is 0 Å². The Morgan fingerprint density at radius 3 is 3.11 bits per heavy atom. The van der Waals surface area contributed by atoms with Crippen LogP contribution in [0.1, 0.15) is 0 Å². The normalized spacial score (nSPS) is 14.7. The van der Waals surface area contributed by atoms with Crippen LogP contribution in [0.2, 0.25) is 0 Å². The molecule has 0 saturated carbocycles. The van der Waals surface area contributed by atoms with Gasteiger partial charge in [0.2, 0.25) is 0 Å². The Kier molecular flexibility index (Phi) is 1.06. The molecule has 1 N–H and O–H groups in total. The zero-order chi connectivity index (χ0) is 6.10. The van der Waals surface area contributed by atoms with Gasteiger partial charge in [0.05, 0.1) is 0 Å². The summed E-state index contributed by atoms with van der Waals surface area (Å²) < 4.78 is 0. The van der Waals surface area contributed by atoms with E-state index in [2.05, 4.69) is 29.6 Å². The molecule has 0 amide bonds. The number of hydrogen-bond acceptors (Lipinski definition) is 1. The average molecular weight is 133 g/mol. The third-order valence-corrected chi connectivity index (χ3v) is 2.66. The van der Waals surface area contributed by atoms with Gasteiger partial charge in [0.1, 0.15) is 9.52 Å². The van der Waals surface area contributed by atoms with Crippen LogP contribution >= 0.6 is 0 Å². The number of nitrogens with one attached hydrogen (secondary N) is 1. The molecule has 44 valence electrons. The molecule has 1 aromatic rings. The summed E-state index contributed by atoms with van der Waals surface area (Å²) in [7, 11) is 0.969. The van der Waals surface area contributed by atoms with Crippen LogP contribution < -0.4 is 10.5 Å². The minimum atomic E-state index is 0.969. The van der Waals surface area contributed by atoms with Crippen LogP contribution in [0.25, 0.3) is 0 Å². The van der Waals surface area contributed by atoms with E-state index in [1.54, 1.807) is 0 Å². The van der Waals surface area contributed by atoms with Crippen LogP contribution in [0.15, 0.2) is 24.3 Å². The third-order valence-electron chi connectivity index (χ3n) is 1.48. The average Bonchev–Trinajstić information content (AvgIpc) is 2.33. The molecule has 1 aliphatic heterocycles. The van der Waals surface area contributed by atoms with E-state index in [1.165, 1.54) is 10.9 Å². The highest BCUT2D eigenvalue weighted by Gasteiger charge is 2.07. The number of hydrogen-bond donors (Lipinski definition) is 1. The molecule has 2 heteroatoms. The molecule has 0 bridgehead atoms. The molecule has 0 saturated heterocycles. The van der Waals surface area contributed by atoms with Crippen molar-refractivity contribution in [3.8, 4) is 0 Å². The molecule has 0 unspecified atom stereocenters. The van der Waals surface area contributed by atoms with E-state index in [0.29, 0.717) is 0 Å². The highest BCUT2D eigenvalue weighted by molar-refractivity contribution is 6.58. The van der Waals surface area contributed by atoms with Crippen molar-refractivity contribution in [1.29, 1.82) is 0 Å². The summed E-state index contributed by atoms with van der Waals surface area (Å²) in [5.41, 5.74) is 1.33. The zero-order valence-corrected chi connectivity index (χ0v) is 6.02. The summed E-state index contributed by atoms with van der Waals surface area (Å²) in [5, 5.41) is 4.80. The fraction of sp³-hybridized carbons (Fsp3) is 0.143. The van der Waals surface area contributed by atoms with Crippen LogP contribution in [-0.2, 0) is 0 Å². The summed E-state index contributed by atoms with van der Waals surface area (Å²) in [5.74, 6) is 0. The van der Waals surface area contributed by atoms with E-state index in [0.717, 1.165) is 15.7 Å². The Bertz CT molecular complexity index is 199. The predicted octanol–water partition coefficient (Wildman–Crippen LogP) is 0.399. The highest BCUT2D eigenvalue weighted by Crippen LogP contribution is 2.05. The minimum absolute atomic E-state index is 0.969. The van der Waals surface area contributed by atoms with Crippen LogP contribution in [0.3, 0.4) is 0 Å². The monoisotopic (exact) mass is 133 g/mol. The Balaban J connectivity index is 2.54. The Morgan fingerprint density at radius 1 is 1.33 bits per heavy atom. The van der Waals surface area contributed by atoms with Crippen molar-refractivity contribution in [2.75, 3.05) is 11.5 Å². The molecule has 0 fully saturated rings. The summed E-state index contributed by atoms with van der Waals surface area (Å²) in [6, 6.07) is 8.49. The van der Waals surface area contributed by atoms with Gasteiger partial charge in [-0.05, 0) is 11.3 Å². The molecule has 1 aromatic carbocycles. The van der Waals surface area contributed by atoms with Crippen LogP contribution in [0, 0.1) is 0 Å². The molecule has 0 aliphatic carbocycles. The standard InChI is InChI=1S/C7H7NSi/c1-2-4-7-6(3-1)8-5-9-7/h1-4,8H,5H2. The maximum atomic E-state index is 3.31. The Labute approximate surface area is 56.9 Å². The van der Waals surface area contributed by atoms with E-state index in [1.807, 2.05) is 0 Å². The maximum absolute atomic E-state index is 3.31. The summed E-state index contributed by atoms with van der Waals surface area (Å²) in [6.07, 6.45) is 1.14. The molecule has 1 heterocycles. The quantitative estimate of drug-likeness (QED) is 0.505. The van der Waals surface area contributed by atoms with Crippen LogP contribution in [0.5, 0.6) is 0 Å². The van der Waals surface area contributed by atoms with Crippen LogP contribution in [-0.4, -0.2) is 15.7 Å².